The van der Waals surface area contributed by atoms with E-state index in [0.717, 1.165) is 31.6 Å². The Morgan fingerprint density at radius 1 is 1.21 bits per heavy atom. The number of pyridine rings is 1. The molecular weight excluding hydrogens is 181 g/mol. The van der Waals surface area contributed by atoms with Gasteiger partial charge in [-0.1, -0.05) is 0 Å². The monoisotopic (exact) mass is 196 g/mol. The molecule has 1 aliphatic heterocycles. The van der Waals surface area contributed by atoms with Gasteiger partial charge in [0, 0.05) is 6.07 Å². The number of quaternary nitrogens is 1. The lowest BCUT2D eigenvalue weighted by Crippen LogP contribution is -2.58. The second-order valence-electron chi connectivity index (χ2n) is 3.90. The van der Waals surface area contributed by atoms with Gasteiger partial charge in [-0.25, -0.2) is 8.98 Å². The van der Waals surface area contributed by atoms with Crippen LogP contribution in [-0.4, -0.2) is 18.1 Å². The third kappa shape index (κ3) is 1.76. The Morgan fingerprint density at radius 2 is 1.93 bits per heavy atom. The molecule has 0 unspecified atom stereocenters. The van der Waals surface area contributed by atoms with E-state index in [-0.39, 0.29) is 5.82 Å². The van der Waals surface area contributed by atoms with Gasteiger partial charge in [0.1, 0.15) is 18.9 Å². The van der Waals surface area contributed by atoms with Crippen LogP contribution in [0, 0.1) is 5.82 Å². The molecule has 1 fully saturated rings. The first-order valence-electron chi connectivity index (χ1n) is 4.97. The van der Waals surface area contributed by atoms with E-state index in [9.17, 15) is 4.39 Å². The first-order valence-corrected chi connectivity index (χ1v) is 4.97. The molecule has 76 valence electrons. The van der Waals surface area contributed by atoms with E-state index in [4.69, 9.17) is 5.84 Å². The molecule has 2 heterocycles. The Morgan fingerprint density at radius 3 is 2.57 bits per heavy atom. The van der Waals surface area contributed by atoms with Crippen molar-refractivity contribution in [3.63, 3.8) is 0 Å². The first-order chi connectivity index (χ1) is 6.71. The molecule has 1 saturated heterocycles. The topological polar surface area (TPSA) is 38.9 Å². The fraction of sp³-hybridized carbons (Fsp3) is 0.500. The minimum Gasteiger partial charge on any atom is -0.255 e. The Bertz CT molecular complexity index is 321. The van der Waals surface area contributed by atoms with Crippen LogP contribution in [0.15, 0.2) is 18.5 Å². The third-order valence-electron chi connectivity index (χ3n) is 2.82. The Hall–Kier alpha value is -1.00. The molecule has 0 atom stereocenters. The van der Waals surface area contributed by atoms with Crippen LogP contribution < -0.4 is 10.4 Å². The van der Waals surface area contributed by atoms with Crippen molar-refractivity contribution in [2.75, 3.05) is 13.1 Å². The van der Waals surface area contributed by atoms with Gasteiger partial charge in [0.05, 0.1) is 12.4 Å². The first kappa shape index (κ1) is 9.55. The molecule has 0 radical (unpaired) electrons. The number of nitrogens with two attached hydrogens (primary N) is 1. The van der Waals surface area contributed by atoms with Crippen molar-refractivity contribution in [3.05, 3.63) is 24.3 Å². The van der Waals surface area contributed by atoms with Crippen molar-refractivity contribution in [2.24, 2.45) is 5.84 Å². The number of nitrogens with zero attached hydrogens (tertiary/aromatic N) is 2. The summed E-state index contributed by atoms with van der Waals surface area (Å²) in [5, 5.41) is 0. The molecule has 3 nitrogen and oxygen atoms in total. The van der Waals surface area contributed by atoms with Gasteiger partial charge in [-0.2, -0.15) is 5.84 Å². The molecule has 0 bridgehead atoms. The standard InChI is InChI=1S/C10H15FN3/c11-9-6-10(8-13-7-9)14(12)4-2-1-3-5-14/h6-8H,1-5,12H2/q+1. The molecule has 2 rings (SSSR count). The normalized spacial score (nSPS) is 20.7. The van der Waals surface area contributed by atoms with Crippen LogP contribution in [0.3, 0.4) is 0 Å². The Balaban J connectivity index is 2.28. The van der Waals surface area contributed by atoms with Gasteiger partial charge < -0.3 is 0 Å². The van der Waals surface area contributed by atoms with Gasteiger partial charge in [-0.05, 0) is 19.3 Å². The maximum atomic E-state index is 13.0. The smallest absolute Gasteiger partial charge is 0.173 e. The van der Waals surface area contributed by atoms with Gasteiger partial charge >= 0.3 is 0 Å². The Kier molecular flexibility index (Phi) is 2.48. The highest BCUT2D eigenvalue weighted by atomic mass is 19.1. The predicted molar refractivity (Wildman–Crippen MR) is 53.8 cm³/mol. The van der Waals surface area contributed by atoms with E-state index >= 15 is 0 Å². The van der Waals surface area contributed by atoms with Crippen molar-refractivity contribution in [2.45, 2.75) is 19.3 Å². The molecular formula is C10H15FN3+. The minimum atomic E-state index is -0.309. The van der Waals surface area contributed by atoms with E-state index in [2.05, 4.69) is 4.98 Å². The van der Waals surface area contributed by atoms with Crippen LogP contribution in [0.2, 0.25) is 0 Å². The fourth-order valence-corrected chi connectivity index (χ4v) is 1.98. The van der Waals surface area contributed by atoms with Crippen molar-refractivity contribution >= 4 is 5.69 Å². The molecule has 1 aromatic heterocycles. The highest BCUT2D eigenvalue weighted by Gasteiger charge is 2.29. The van der Waals surface area contributed by atoms with E-state index < -0.39 is 0 Å². The number of halogens is 1. The SMILES string of the molecule is N[N+]1(c2cncc(F)c2)CCCCC1. The van der Waals surface area contributed by atoms with Gasteiger partial charge in [-0.15, -0.1) is 0 Å². The van der Waals surface area contributed by atoms with Gasteiger partial charge in [0.15, 0.2) is 5.69 Å². The van der Waals surface area contributed by atoms with E-state index in [0.29, 0.717) is 4.59 Å². The molecule has 1 aliphatic rings. The summed E-state index contributed by atoms with van der Waals surface area (Å²) in [6.45, 7) is 1.76. The largest absolute Gasteiger partial charge is 0.255 e. The van der Waals surface area contributed by atoms with Crippen LogP contribution in [-0.2, 0) is 0 Å². The number of aromatic nitrogens is 1. The van der Waals surface area contributed by atoms with E-state index in [1.807, 2.05) is 0 Å². The summed E-state index contributed by atoms with van der Waals surface area (Å²) in [4.78, 5) is 3.83. The summed E-state index contributed by atoms with van der Waals surface area (Å²) < 4.78 is 13.3. The van der Waals surface area contributed by atoms with Gasteiger partial charge in [0.2, 0.25) is 0 Å². The lowest BCUT2D eigenvalue weighted by atomic mass is 10.1. The highest BCUT2D eigenvalue weighted by molar-refractivity contribution is 5.39. The lowest BCUT2D eigenvalue weighted by Gasteiger charge is -2.35. The summed E-state index contributed by atoms with van der Waals surface area (Å²) in [7, 11) is 0. The lowest BCUT2D eigenvalue weighted by molar-refractivity contribution is 0.233. The molecule has 0 saturated carbocycles. The zero-order valence-electron chi connectivity index (χ0n) is 8.12. The summed E-state index contributed by atoms with van der Waals surface area (Å²) in [6.07, 6.45) is 6.30. The molecule has 14 heavy (non-hydrogen) atoms. The molecule has 1 aromatic rings. The van der Waals surface area contributed by atoms with Crippen molar-refractivity contribution < 1.29 is 4.39 Å². The molecule has 2 N–H and O–H groups in total. The minimum absolute atomic E-state index is 0.309. The fourth-order valence-electron chi connectivity index (χ4n) is 1.98. The van der Waals surface area contributed by atoms with Crippen molar-refractivity contribution in [3.8, 4) is 0 Å². The van der Waals surface area contributed by atoms with Gasteiger partial charge in [0.25, 0.3) is 0 Å². The van der Waals surface area contributed by atoms with Crippen molar-refractivity contribution in [1.29, 1.82) is 0 Å². The van der Waals surface area contributed by atoms with Gasteiger partial charge in [-0.3, -0.25) is 4.98 Å². The quantitative estimate of drug-likeness (QED) is 0.547. The molecule has 4 heteroatoms. The number of rotatable bonds is 1. The predicted octanol–water partition coefficient (Wildman–Crippen LogP) is 1.59. The summed E-state index contributed by atoms with van der Waals surface area (Å²) >= 11 is 0. The van der Waals surface area contributed by atoms with Crippen LogP contribution in [0.25, 0.3) is 0 Å². The average Bonchev–Trinajstić information content (AvgIpc) is 2.19. The molecule has 0 aromatic carbocycles. The zero-order chi connectivity index (χ0) is 10.0. The van der Waals surface area contributed by atoms with Crippen LogP contribution in [0.4, 0.5) is 10.1 Å². The Labute approximate surface area is 82.9 Å². The maximum Gasteiger partial charge on any atom is 0.173 e. The van der Waals surface area contributed by atoms with E-state index in [1.54, 1.807) is 6.20 Å². The summed E-state index contributed by atoms with van der Waals surface area (Å²) in [5.74, 6) is 5.87. The second-order valence-corrected chi connectivity index (χ2v) is 3.90. The number of piperidine rings is 1. The highest BCUT2D eigenvalue weighted by Crippen LogP contribution is 2.23. The molecule has 0 aliphatic carbocycles. The number of hydrogen-bond acceptors (Lipinski definition) is 2. The van der Waals surface area contributed by atoms with Crippen LogP contribution >= 0.6 is 0 Å². The number of hydrogen-bond donors (Lipinski definition) is 1. The third-order valence-corrected chi connectivity index (χ3v) is 2.82. The average molecular weight is 196 g/mol. The maximum absolute atomic E-state index is 13.0. The molecule has 0 amide bonds. The summed E-state index contributed by atoms with van der Waals surface area (Å²) in [6, 6.07) is 1.48. The zero-order valence-corrected chi connectivity index (χ0v) is 8.12. The van der Waals surface area contributed by atoms with Crippen molar-refractivity contribution in [1.82, 2.24) is 9.58 Å². The van der Waals surface area contributed by atoms with Crippen LogP contribution in [0.1, 0.15) is 19.3 Å². The van der Waals surface area contributed by atoms with E-state index in [1.165, 1.54) is 18.7 Å². The second kappa shape index (κ2) is 3.63. The summed E-state index contributed by atoms with van der Waals surface area (Å²) in [5.41, 5.74) is 0.782. The molecule has 0 spiro atoms. The van der Waals surface area contributed by atoms with Crippen LogP contribution in [0.5, 0.6) is 0 Å².